The molecular formula is C19H19NO5. The molecule has 2 rings (SSSR count). The van der Waals surface area contributed by atoms with E-state index in [9.17, 15) is 9.59 Å². The summed E-state index contributed by atoms with van der Waals surface area (Å²) < 4.78 is 11.1. The van der Waals surface area contributed by atoms with E-state index in [-0.39, 0.29) is 5.70 Å². The van der Waals surface area contributed by atoms with Gasteiger partial charge in [0.2, 0.25) is 5.91 Å². The molecule has 0 unspecified atom stereocenters. The van der Waals surface area contributed by atoms with Crippen molar-refractivity contribution >= 4 is 18.0 Å². The lowest BCUT2D eigenvalue weighted by Gasteiger charge is -2.12. The second-order valence-electron chi connectivity index (χ2n) is 5.23. The Morgan fingerprint density at radius 2 is 1.84 bits per heavy atom. The minimum atomic E-state index is -1.22. The molecule has 1 amide bonds. The number of hydrogen-bond donors (Lipinski definition) is 2. The van der Waals surface area contributed by atoms with Gasteiger partial charge in [0.1, 0.15) is 12.3 Å². The fourth-order valence-corrected chi connectivity index (χ4v) is 2.14. The number of carbonyl (C=O) groups is 2. The Morgan fingerprint density at radius 3 is 2.44 bits per heavy atom. The second kappa shape index (κ2) is 8.54. The number of benzene rings is 2. The fraction of sp³-hybridized carbons (Fsp3) is 0.158. The lowest BCUT2D eigenvalue weighted by Crippen LogP contribution is -2.24. The highest BCUT2D eigenvalue weighted by Gasteiger charge is 2.11. The van der Waals surface area contributed by atoms with E-state index < -0.39 is 11.9 Å². The Labute approximate surface area is 145 Å². The Morgan fingerprint density at radius 1 is 1.12 bits per heavy atom. The maximum atomic E-state index is 11.2. The third-order valence-electron chi connectivity index (χ3n) is 3.28. The van der Waals surface area contributed by atoms with Crippen LogP contribution in [0.3, 0.4) is 0 Å². The van der Waals surface area contributed by atoms with Crippen LogP contribution < -0.4 is 14.8 Å². The van der Waals surface area contributed by atoms with Gasteiger partial charge in [0.25, 0.3) is 0 Å². The van der Waals surface area contributed by atoms with E-state index in [1.54, 1.807) is 18.2 Å². The third-order valence-corrected chi connectivity index (χ3v) is 3.28. The van der Waals surface area contributed by atoms with Gasteiger partial charge in [-0.1, -0.05) is 36.4 Å². The maximum absolute atomic E-state index is 11.2. The molecule has 0 bridgehead atoms. The first-order chi connectivity index (χ1) is 12.0. The van der Waals surface area contributed by atoms with Crippen LogP contribution in [-0.4, -0.2) is 24.1 Å². The molecule has 25 heavy (non-hydrogen) atoms. The molecule has 2 N–H and O–H groups in total. The summed E-state index contributed by atoms with van der Waals surface area (Å²) in [5.41, 5.74) is 1.37. The topological polar surface area (TPSA) is 84.9 Å². The molecular weight excluding hydrogens is 322 g/mol. The largest absolute Gasteiger partial charge is 0.493 e. The highest BCUT2D eigenvalue weighted by atomic mass is 16.5. The smallest absolute Gasteiger partial charge is 0.352 e. The zero-order chi connectivity index (χ0) is 18.2. The van der Waals surface area contributed by atoms with Gasteiger partial charge in [-0.3, -0.25) is 4.79 Å². The molecule has 0 aliphatic carbocycles. The molecule has 2 aromatic rings. The minimum Gasteiger partial charge on any atom is -0.493 e. The number of ether oxygens (including phenoxy) is 2. The molecule has 0 atom stereocenters. The second-order valence-corrected chi connectivity index (χ2v) is 5.23. The number of aliphatic carboxylic acids is 1. The van der Waals surface area contributed by atoms with Crippen molar-refractivity contribution in [1.29, 1.82) is 0 Å². The third kappa shape index (κ3) is 5.39. The van der Waals surface area contributed by atoms with Gasteiger partial charge in [-0.15, -0.1) is 0 Å². The summed E-state index contributed by atoms with van der Waals surface area (Å²) in [5, 5.41) is 11.4. The molecule has 2 aromatic carbocycles. The van der Waals surface area contributed by atoms with Gasteiger partial charge in [-0.05, 0) is 29.3 Å². The van der Waals surface area contributed by atoms with Crippen LogP contribution in [0.1, 0.15) is 18.1 Å². The highest BCUT2D eigenvalue weighted by Crippen LogP contribution is 2.29. The summed E-state index contributed by atoms with van der Waals surface area (Å²) in [7, 11) is 1.50. The molecule has 6 nitrogen and oxygen atoms in total. The van der Waals surface area contributed by atoms with Crippen LogP contribution in [0.15, 0.2) is 54.2 Å². The molecule has 0 aromatic heterocycles. The summed E-state index contributed by atoms with van der Waals surface area (Å²) in [4.78, 5) is 22.3. The zero-order valence-corrected chi connectivity index (χ0v) is 14.0. The molecule has 0 saturated heterocycles. The van der Waals surface area contributed by atoms with Crippen LogP contribution in [0.25, 0.3) is 6.08 Å². The van der Waals surface area contributed by atoms with E-state index in [2.05, 4.69) is 5.32 Å². The first kappa shape index (κ1) is 18.1. The Hall–Kier alpha value is -3.28. The summed E-state index contributed by atoms with van der Waals surface area (Å²) in [6, 6.07) is 14.7. The molecule has 0 aliphatic heterocycles. The van der Waals surface area contributed by atoms with E-state index in [1.165, 1.54) is 20.1 Å². The molecule has 130 valence electrons. The average molecular weight is 341 g/mol. The highest BCUT2D eigenvalue weighted by molar-refractivity contribution is 5.96. The Bertz CT molecular complexity index is 784. The van der Waals surface area contributed by atoms with Gasteiger partial charge in [-0.25, -0.2) is 4.79 Å². The predicted molar refractivity (Wildman–Crippen MR) is 93.2 cm³/mol. The number of methoxy groups -OCH3 is 1. The molecule has 0 spiro atoms. The fourth-order valence-electron chi connectivity index (χ4n) is 2.14. The van der Waals surface area contributed by atoms with Crippen molar-refractivity contribution in [2.24, 2.45) is 0 Å². The Kier molecular flexibility index (Phi) is 6.17. The summed E-state index contributed by atoms with van der Waals surface area (Å²) in [6.45, 7) is 1.64. The molecule has 0 heterocycles. The summed E-state index contributed by atoms with van der Waals surface area (Å²) in [5.74, 6) is -0.667. The number of carboxylic acid groups (broad SMARTS) is 1. The first-order valence-corrected chi connectivity index (χ1v) is 7.57. The number of carboxylic acids is 1. The van der Waals surface area contributed by atoms with Crippen LogP contribution in [0.4, 0.5) is 0 Å². The van der Waals surface area contributed by atoms with E-state index in [0.29, 0.717) is 23.7 Å². The monoisotopic (exact) mass is 341 g/mol. The van der Waals surface area contributed by atoms with E-state index in [0.717, 1.165) is 5.56 Å². The Balaban J connectivity index is 2.20. The van der Waals surface area contributed by atoms with Gasteiger partial charge in [0.05, 0.1) is 7.11 Å². The van der Waals surface area contributed by atoms with Crippen molar-refractivity contribution in [3.05, 3.63) is 65.4 Å². The maximum Gasteiger partial charge on any atom is 0.352 e. The lowest BCUT2D eigenvalue weighted by molar-refractivity contribution is -0.134. The molecule has 0 aliphatic rings. The number of hydrogen-bond acceptors (Lipinski definition) is 4. The van der Waals surface area contributed by atoms with Crippen molar-refractivity contribution in [2.45, 2.75) is 13.5 Å². The van der Waals surface area contributed by atoms with Gasteiger partial charge >= 0.3 is 5.97 Å². The quantitative estimate of drug-likeness (QED) is 0.757. The first-order valence-electron chi connectivity index (χ1n) is 7.57. The number of nitrogens with one attached hydrogen (secondary N) is 1. The number of rotatable bonds is 7. The summed E-state index contributed by atoms with van der Waals surface area (Å²) in [6.07, 6.45) is 1.35. The lowest BCUT2D eigenvalue weighted by atomic mass is 10.1. The van der Waals surface area contributed by atoms with E-state index >= 15 is 0 Å². The molecule has 6 heteroatoms. The van der Waals surface area contributed by atoms with E-state index in [4.69, 9.17) is 14.6 Å². The van der Waals surface area contributed by atoms with Gasteiger partial charge in [0, 0.05) is 6.92 Å². The number of amides is 1. The average Bonchev–Trinajstić information content (AvgIpc) is 2.60. The van der Waals surface area contributed by atoms with Crippen molar-refractivity contribution in [3.8, 4) is 11.5 Å². The van der Waals surface area contributed by atoms with Crippen LogP contribution in [-0.2, 0) is 16.2 Å². The predicted octanol–water partition coefficient (Wildman–Crippen LogP) is 2.84. The van der Waals surface area contributed by atoms with Crippen LogP contribution >= 0.6 is 0 Å². The van der Waals surface area contributed by atoms with Gasteiger partial charge < -0.3 is 19.9 Å². The zero-order valence-electron chi connectivity index (χ0n) is 14.0. The van der Waals surface area contributed by atoms with Crippen LogP contribution in [0, 0.1) is 0 Å². The normalized spacial score (nSPS) is 10.9. The van der Waals surface area contributed by atoms with Crippen LogP contribution in [0.5, 0.6) is 11.5 Å². The van der Waals surface area contributed by atoms with Gasteiger partial charge in [0.15, 0.2) is 11.5 Å². The van der Waals surface area contributed by atoms with Gasteiger partial charge in [-0.2, -0.15) is 0 Å². The standard InChI is InChI=1S/C19H19NO5/c1-13(21)20-16(19(22)23)10-15-8-9-17(18(11-15)24-2)25-12-14-6-4-3-5-7-14/h3-11H,12H2,1-2H3,(H,20,21)(H,22,23)/b16-10+. The molecule has 0 radical (unpaired) electrons. The van der Waals surface area contributed by atoms with Crippen molar-refractivity contribution in [3.63, 3.8) is 0 Å². The SMILES string of the molecule is COc1cc(/C=C(/NC(C)=O)C(=O)O)ccc1OCc1ccccc1. The van der Waals surface area contributed by atoms with Crippen molar-refractivity contribution < 1.29 is 24.2 Å². The molecule has 0 saturated carbocycles. The van der Waals surface area contributed by atoms with Crippen molar-refractivity contribution in [2.75, 3.05) is 7.11 Å². The van der Waals surface area contributed by atoms with E-state index in [1.807, 2.05) is 30.3 Å². The van der Waals surface area contributed by atoms with Crippen LogP contribution in [0.2, 0.25) is 0 Å². The minimum absolute atomic E-state index is 0.215. The number of carbonyl (C=O) groups excluding carboxylic acids is 1. The summed E-state index contributed by atoms with van der Waals surface area (Å²) >= 11 is 0. The van der Waals surface area contributed by atoms with Crippen molar-refractivity contribution in [1.82, 2.24) is 5.32 Å². The molecule has 0 fully saturated rings.